The Hall–Kier alpha value is -1.46. The Kier molecular flexibility index (Phi) is 6.07. The van der Waals surface area contributed by atoms with Gasteiger partial charge in [-0.1, -0.05) is 12.1 Å². The third-order valence-electron chi connectivity index (χ3n) is 5.87. The van der Waals surface area contributed by atoms with Gasteiger partial charge in [0.1, 0.15) is 5.82 Å². The average molecular weight is 348 g/mol. The van der Waals surface area contributed by atoms with E-state index in [-0.39, 0.29) is 17.8 Å². The highest BCUT2D eigenvalue weighted by molar-refractivity contribution is 5.73. The first-order valence-electron chi connectivity index (χ1n) is 9.33. The molecule has 1 aromatic rings. The molecular formula is C20H29FN2O2. The molecule has 138 valence electrons. The van der Waals surface area contributed by atoms with E-state index >= 15 is 0 Å². The number of halogens is 1. The van der Waals surface area contributed by atoms with Gasteiger partial charge in [0.05, 0.1) is 6.10 Å². The molecule has 1 amide bonds. The van der Waals surface area contributed by atoms with E-state index in [1.54, 1.807) is 14.0 Å². The van der Waals surface area contributed by atoms with Crippen LogP contribution in [0.3, 0.4) is 0 Å². The molecule has 5 heteroatoms. The molecule has 2 heterocycles. The molecule has 0 N–H and O–H groups in total. The van der Waals surface area contributed by atoms with E-state index in [1.807, 2.05) is 17.0 Å². The summed E-state index contributed by atoms with van der Waals surface area (Å²) in [5.41, 5.74) is 1.18. The quantitative estimate of drug-likeness (QED) is 0.839. The van der Waals surface area contributed by atoms with Gasteiger partial charge in [-0.05, 0) is 55.8 Å². The van der Waals surface area contributed by atoms with Crippen molar-refractivity contribution < 1.29 is 13.9 Å². The van der Waals surface area contributed by atoms with E-state index in [0.717, 1.165) is 51.9 Å². The lowest BCUT2D eigenvalue weighted by Gasteiger charge is -2.44. The van der Waals surface area contributed by atoms with Crippen LogP contribution >= 0.6 is 0 Å². The van der Waals surface area contributed by atoms with E-state index in [1.165, 1.54) is 17.7 Å². The Bertz CT molecular complexity index is 570. The predicted molar refractivity (Wildman–Crippen MR) is 95.9 cm³/mol. The van der Waals surface area contributed by atoms with Crippen LogP contribution in [0.25, 0.3) is 0 Å². The highest BCUT2D eigenvalue weighted by Gasteiger charge is 2.34. The second-order valence-corrected chi connectivity index (χ2v) is 7.39. The lowest BCUT2D eigenvalue weighted by Crippen LogP contribution is -2.53. The number of hydrogen-bond donors (Lipinski definition) is 0. The maximum Gasteiger partial charge on any atom is 0.219 e. The van der Waals surface area contributed by atoms with Crippen LogP contribution in [-0.2, 0) is 16.0 Å². The van der Waals surface area contributed by atoms with Crippen molar-refractivity contribution in [1.82, 2.24) is 9.80 Å². The van der Waals surface area contributed by atoms with Gasteiger partial charge >= 0.3 is 0 Å². The summed E-state index contributed by atoms with van der Waals surface area (Å²) >= 11 is 0. The van der Waals surface area contributed by atoms with E-state index in [0.29, 0.717) is 12.0 Å². The summed E-state index contributed by atoms with van der Waals surface area (Å²) in [6.07, 6.45) is 4.36. The average Bonchev–Trinajstić information content (AvgIpc) is 2.64. The third kappa shape index (κ3) is 4.59. The lowest BCUT2D eigenvalue weighted by atomic mass is 9.86. The van der Waals surface area contributed by atoms with Crippen molar-refractivity contribution in [1.29, 1.82) is 0 Å². The molecule has 2 fully saturated rings. The number of piperidine rings is 2. The van der Waals surface area contributed by atoms with Crippen molar-refractivity contribution in [2.24, 2.45) is 5.92 Å². The van der Waals surface area contributed by atoms with Crippen molar-refractivity contribution in [2.45, 2.75) is 44.8 Å². The number of ether oxygens (including phenoxy) is 1. The highest BCUT2D eigenvalue weighted by atomic mass is 19.1. The minimum absolute atomic E-state index is 0.182. The van der Waals surface area contributed by atoms with Crippen LogP contribution in [0.1, 0.15) is 31.7 Å². The maximum absolute atomic E-state index is 13.1. The van der Waals surface area contributed by atoms with E-state index in [9.17, 15) is 9.18 Å². The monoisotopic (exact) mass is 348 g/mol. The fraction of sp³-hybridized carbons (Fsp3) is 0.650. The topological polar surface area (TPSA) is 32.8 Å². The van der Waals surface area contributed by atoms with Crippen molar-refractivity contribution >= 4 is 5.91 Å². The number of amides is 1. The zero-order chi connectivity index (χ0) is 17.8. The fourth-order valence-electron chi connectivity index (χ4n) is 4.29. The summed E-state index contributed by atoms with van der Waals surface area (Å²) in [4.78, 5) is 16.0. The first kappa shape index (κ1) is 18.3. The first-order valence-corrected chi connectivity index (χ1v) is 9.33. The SMILES string of the molecule is CO[C@H]1CN(C2CCN(C(C)=O)CC2)CC[C@@H]1Cc1ccc(F)cc1. The Morgan fingerprint density at radius 1 is 1.16 bits per heavy atom. The van der Waals surface area contributed by atoms with Gasteiger partial charge in [-0.25, -0.2) is 4.39 Å². The van der Waals surface area contributed by atoms with Crippen LogP contribution in [0, 0.1) is 11.7 Å². The van der Waals surface area contributed by atoms with E-state index < -0.39 is 0 Å². The molecular weight excluding hydrogens is 319 g/mol. The van der Waals surface area contributed by atoms with Gasteiger partial charge in [-0.15, -0.1) is 0 Å². The molecule has 0 aromatic heterocycles. The van der Waals surface area contributed by atoms with Crippen molar-refractivity contribution in [2.75, 3.05) is 33.3 Å². The van der Waals surface area contributed by atoms with Crippen LogP contribution in [0.5, 0.6) is 0 Å². The molecule has 0 aliphatic carbocycles. The Morgan fingerprint density at radius 3 is 2.44 bits per heavy atom. The maximum atomic E-state index is 13.1. The normalized spacial score (nSPS) is 26.0. The molecule has 4 nitrogen and oxygen atoms in total. The molecule has 0 unspecified atom stereocenters. The highest BCUT2D eigenvalue weighted by Crippen LogP contribution is 2.28. The largest absolute Gasteiger partial charge is 0.380 e. The number of hydrogen-bond acceptors (Lipinski definition) is 3. The standard InChI is InChI=1S/C20H29FN2O2/c1-15(24)22-11-8-19(9-12-22)23-10-7-17(20(14-23)25-2)13-16-3-5-18(21)6-4-16/h3-6,17,19-20H,7-14H2,1-2H3/t17-,20+/m1/s1. The van der Waals surface area contributed by atoms with E-state index in [2.05, 4.69) is 4.90 Å². The summed E-state index contributed by atoms with van der Waals surface area (Å²) in [5, 5.41) is 0. The Balaban J connectivity index is 1.54. The lowest BCUT2D eigenvalue weighted by molar-refractivity contribution is -0.130. The van der Waals surface area contributed by atoms with Gasteiger partial charge in [-0.2, -0.15) is 0 Å². The van der Waals surface area contributed by atoms with Gasteiger partial charge in [0.25, 0.3) is 0 Å². The molecule has 1 aromatic carbocycles. The minimum Gasteiger partial charge on any atom is -0.380 e. The molecule has 0 spiro atoms. The first-order chi connectivity index (χ1) is 12.1. The van der Waals surface area contributed by atoms with E-state index in [4.69, 9.17) is 4.74 Å². The van der Waals surface area contributed by atoms with Crippen LogP contribution in [0.15, 0.2) is 24.3 Å². The number of nitrogens with zero attached hydrogens (tertiary/aromatic N) is 2. The van der Waals surface area contributed by atoms with Gasteiger partial charge in [0.2, 0.25) is 5.91 Å². The van der Waals surface area contributed by atoms with Gasteiger partial charge < -0.3 is 9.64 Å². The number of carbonyl (C=O) groups excluding carboxylic acids is 1. The third-order valence-corrected chi connectivity index (χ3v) is 5.87. The second kappa shape index (κ2) is 8.28. The van der Waals surface area contributed by atoms with Crippen molar-refractivity contribution in [3.63, 3.8) is 0 Å². The van der Waals surface area contributed by atoms with Crippen molar-refractivity contribution in [3.8, 4) is 0 Å². The molecule has 25 heavy (non-hydrogen) atoms. The second-order valence-electron chi connectivity index (χ2n) is 7.39. The number of methoxy groups -OCH3 is 1. The van der Waals surface area contributed by atoms with Gasteiger partial charge in [0, 0.05) is 39.7 Å². The van der Waals surface area contributed by atoms with Gasteiger partial charge in [0.15, 0.2) is 0 Å². The van der Waals surface area contributed by atoms with Crippen LogP contribution in [0.2, 0.25) is 0 Å². The molecule has 0 radical (unpaired) electrons. The summed E-state index contributed by atoms with van der Waals surface area (Å²) < 4.78 is 18.9. The molecule has 0 saturated carbocycles. The molecule has 2 atom stereocenters. The number of likely N-dealkylation sites (tertiary alicyclic amines) is 2. The summed E-state index contributed by atoms with van der Waals surface area (Å²) in [5.74, 6) is 0.481. The van der Waals surface area contributed by atoms with Crippen LogP contribution in [-0.4, -0.2) is 61.1 Å². The van der Waals surface area contributed by atoms with Gasteiger partial charge in [-0.3, -0.25) is 9.69 Å². The number of benzene rings is 1. The fourth-order valence-corrected chi connectivity index (χ4v) is 4.29. The van der Waals surface area contributed by atoms with Crippen LogP contribution < -0.4 is 0 Å². The summed E-state index contributed by atoms with van der Waals surface area (Å²) in [7, 11) is 1.80. The minimum atomic E-state index is -0.182. The zero-order valence-corrected chi connectivity index (χ0v) is 15.3. The zero-order valence-electron chi connectivity index (χ0n) is 15.3. The predicted octanol–water partition coefficient (Wildman–Crippen LogP) is 2.72. The summed E-state index contributed by atoms with van der Waals surface area (Å²) in [6.45, 7) is 5.42. The molecule has 2 aliphatic rings. The smallest absolute Gasteiger partial charge is 0.219 e. The molecule has 2 aliphatic heterocycles. The molecule has 3 rings (SSSR count). The number of rotatable bonds is 4. The van der Waals surface area contributed by atoms with Crippen molar-refractivity contribution in [3.05, 3.63) is 35.6 Å². The summed E-state index contributed by atoms with van der Waals surface area (Å²) in [6, 6.07) is 7.39. The molecule has 2 saturated heterocycles. The number of carbonyl (C=O) groups is 1. The Morgan fingerprint density at radius 2 is 1.84 bits per heavy atom. The molecule has 0 bridgehead atoms. The van der Waals surface area contributed by atoms with Crippen LogP contribution in [0.4, 0.5) is 4.39 Å². The Labute approximate surface area is 149 Å².